The second-order valence-corrected chi connectivity index (χ2v) is 8.49. The van der Waals surface area contributed by atoms with Gasteiger partial charge in [-0.1, -0.05) is 18.2 Å². The number of ketones is 1. The summed E-state index contributed by atoms with van der Waals surface area (Å²) in [5.74, 6) is -1.69. The molecule has 0 aromatic heterocycles. The number of anilines is 1. The van der Waals surface area contributed by atoms with Crippen molar-refractivity contribution in [2.24, 2.45) is 0 Å². The van der Waals surface area contributed by atoms with Gasteiger partial charge in [0, 0.05) is 37.9 Å². The normalized spacial score (nSPS) is 22.3. The Bertz CT molecular complexity index is 1250. The zero-order valence-corrected chi connectivity index (χ0v) is 19.6. The molecule has 5 rings (SSSR count). The maximum Gasteiger partial charge on any atom is 0.296 e. The summed E-state index contributed by atoms with van der Waals surface area (Å²) in [5, 5.41) is 11.5. The highest BCUT2D eigenvalue weighted by Gasteiger charge is 2.66. The maximum absolute atomic E-state index is 14.1. The lowest BCUT2D eigenvalue weighted by Crippen LogP contribution is -2.52. The molecule has 2 amide bonds. The number of para-hydroxylation sites is 1. The molecular weight excluding hydrogens is 452 g/mol. The Labute approximate surface area is 202 Å². The molecule has 3 heterocycles. The zero-order valence-electron chi connectivity index (χ0n) is 19.6. The number of aliphatic hydroxyl groups excluding tert-OH is 1. The molecule has 9 nitrogen and oxygen atoms in total. The van der Waals surface area contributed by atoms with Crippen molar-refractivity contribution in [3.8, 4) is 11.5 Å². The summed E-state index contributed by atoms with van der Waals surface area (Å²) in [4.78, 5) is 43.8. The number of ether oxygens (including phenoxy) is 3. The van der Waals surface area contributed by atoms with Gasteiger partial charge in [0.05, 0.1) is 11.3 Å². The lowest BCUT2D eigenvalue weighted by molar-refractivity contribution is -0.143. The number of carbonyl (C=O) groups excluding carboxylic acids is 3. The van der Waals surface area contributed by atoms with Crippen LogP contribution in [0.4, 0.5) is 5.69 Å². The smallest absolute Gasteiger partial charge is 0.296 e. The van der Waals surface area contributed by atoms with E-state index < -0.39 is 28.9 Å². The summed E-state index contributed by atoms with van der Waals surface area (Å²) in [5.41, 5.74) is -0.672. The molecule has 0 radical (unpaired) electrons. The number of aliphatic hydroxyl groups is 1. The monoisotopic (exact) mass is 478 g/mol. The van der Waals surface area contributed by atoms with Gasteiger partial charge in [0.15, 0.2) is 17.0 Å². The van der Waals surface area contributed by atoms with Crippen molar-refractivity contribution in [1.29, 1.82) is 0 Å². The number of nitrogens with zero attached hydrogens (tertiary/aromatic N) is 2. The predicted octanol–water partition coefficient (Wildman–Crippen LogP) is 2.44. The quantitative estimate of drug-likeness (QED) is 0.294. The number of hydrogen-bond donors (Lipinski definition) is 1. The molecular formula is C26H26N2O7. The van der Waals surface area contributed by atoms with E-state index in [0.29, 0.717) is 55.5 Å². The molecule has 0 bridgehead atoms. The fourth-order valence-electron chi connectivity index (χ4n) is 5.18. The molecule has 9 heteroatoms. The first-order valence-electron chi connectivity index (χ1n) is 11.6. The number of rotatable bonds is 6. The molecule has 1 saturated heterocycles. The third-order valence-electron chi connectivity index (χ3n) is 6.67. The third kappa shape index (κ3) is 3.22. The first-order valence-corrected chi connectivity index (χ1v) is 11.6. The van der Waals surface area contributed by atoms with E-state index in [-0.39, 0.29) is 17.7 Å². The van der Waals surface area contributed by atoms with Crippen LogP contribution < -0.4 is 14.4 Å². The molecule has 35 heavy (non-hydrogen) atoms. The van der Waals surface area contributed by atoms with Crippen molar-refractivity contribution >= 4 is 29.0 Å². The second kappa shape index (κ2) is 8.74. The molecule has 1 fully saturated rings. The van der Waals surface area contributed by atoms with Crippen LogP contribution in [0.5, 0.6) is 11.5 Å². The van der Waals surface area contributed by atoms with E-state index in [1.807, 2.05) is 6.92 Å². The number of benzene rings is 2. The van der Waals surface area contributed by atoms with Crippen molar-refractivity contribution in [2.45, 2.75) is 18.9 Å². The van der Waals surface area contributed by atoms with Gasteiger partial charge >= 0.3 is 0 Å². The van der Waals surface area contributed by atoms with Crippen LogP contribution in [0.25, 0.3) is 5.76 Å². The van der Waals surface area contributed by atoms with E-state index in [1.165, 1.54) is 4.90 Å². The Kier molecular flexibility index (Phi) is 5.72. The molecule has 0 saturated carbocycles. The predicted molar refractivity (Wildman–Crippen MR) is 126 cm³/mol. The number of likely N-dealkylation sites (N-methyl/N-ethyl adjacent to an activating group) is 1. The van der Waals surface area contributed by atoms with E-state index in [1.54, 1.807) is 54.5 Å². The summed E-state index contributed by atoms with van der Waals surface area (Å²) < 4.78 is 16.3. The minimum Gasteiger partial charge on any atom is -0.507 e. The van der Waals surface area contributed by atoms with Crippen LogP contribution in [-0.4, -0.2) is 67.6 Å². The maximum atomic E-state index is 14.1. The number of fused-ring (bicyclic) bond motifs is 3. The molecule has 2 aromatic carbocycles. The second-order valence-electron chi connectivity index (χ2n) is 8.49. The van der Waals surface area contributed by atoms with Crippen LogP contribution in [0.15, 0.2) is 48.0 Å². The number of Topliss-reactive ketones (excluding diaryl/α,β-unsaturated/α-hetero) is 1. The fraction of sp³-hybridized carbons (Fsp3) is 0.346. The Balaban J connectivity index is 1.76. The van der Waals surface area contributed by atoms with Crippen LogP contribution in [0.2, 0.25) is 0 Å². The Hall–Kier alpha value is -3.85. The van der Waals surface area contributed by atoms with Gasteiger partial charge in [-0.15, -0.1) is 0 Å². The average molecular weight is 479 g/mol. The van der Waals surface area contributed by atoms with E-state index in [0.717, 1.165) is 0 Å². The van der Waals surface area contributed by atoms with Gasteiger partial charge in [0.25, 0.3) is 17.6 Å². The molecule has 1 atom stereocenters. The summed E-state index contributed by atoms with van der Waals surface area (Å²) in [6.45, 7) is 3.36. The standard InChI is InChI=1S/C26H26N2O7/c1-3-27-18-8-5-4-7-17(18)26(25(27)32)21(23(30)24(31)28(26)11-6-12-33-2)22(29)16-9-10-19-20(15-16)35-14-13-34-19/h4-5,7-10,15,29H,3,6,11-14H2,1-2H3/b22-21+/t26-/m1/s1. The van der Waals surface area contributed by atoms with Crippen LogP contribution in [0, 0.1) is 0 Å². The van der Waals surface area contributed by atoms with Crippen molar-refractivity contribution in [3.63, 3.8) is 0 Å². The molecule has 182 valence electrons. The van der Waals surface area contributed by atoms with E-state index >= 15 is 0 Å². The first-order chi connectivity index (χ1) is 17.0. The number of likely N-dealkylation sites (tertiary alicyclic amines) is 1. The fourth-order valence-corrected chi connectivity index (χ4v) is 5.18. The third-order valence-corrected chi connectivity index (χ3v) is 6.67. The van der Waals surface area contributed by atoms with E-state index in [9.17, 15) is 19.5 Å². The minimum atomic E-state index is -1.77. The van der Waals surface area contributed by atoms with Gasteiger partial charge in [-0.3, -0.25) is 14.4 Å². The SMILES string of the molecule is CCN1C(=O)[C@]2(/C(=C(/O)c3ccc4c(c3)OCCO4)C(=O)C(=O)N2CCCOC)c2ccccc21. The molecule has 3 aliphatic rings. The summed E-state index contributed by atoms with van der Waals surface area (Å²) in [6, 6.07) is 11.8. The van der Waals surface area contributed by atoms with Gasteiger partial charge in [-0.05, 0) is 37.6 Å². The zero-order chi connectivity index (χ0) is 24.7. The van der Waals surface area contributed by atoms with Crippen molar-refractivity contribution in [2.75, 3.05) is 44.9 Å². The van der Waals surface area contributed by atoms with E-state index in [2.05, 4.69) is 0 Å². The minimum absolute atomic E-state index is 0.105. The number of hydrogen-bond acceptors (Lipinski definition) is 7. The van der Waals surface area contributed by atoms with Gasteiger partial charge in [-0.25, -0.2) is 0 Å². The topological polar surface area (TPSA) is 106 Å². The number of amides is 2. The molecule has 0 aliphatic carbocycles. The highest BCUT2D eigenvalue weighted by atomic mass is 16.6. The van der Waals surface area contributed by atoms with Crippen molar-refractivity contribution in [1.82, 2.24) is 4.90 Å². The van der Waals surface area contributed by atoms with Crippen LogP contribution in [-0.2, 0) is 24.7 Å². The highest BCUT2D eigenvalue weighted by Crippen LogP contribution is 2.53. The lowest BCUT2D eigenvalue weighted by Gasteiger charge is -2.34. The lowest BCUT2D eigenvalue weighted by atomic mass is 9.81. The van der Waals surface area contributed by atoms with Crippen molar-refractivity contribution < 1.29 is 33.7 Å². The largest absolute Gasteiger partial charge is 0.507 e. The van der Waals surface area contributed by atoms with Crippen LogP contribution >= 0.6 is 0 Å². The molecule has 1 spiro atoms. The summed E-state index contributed by atoms with van der Waals surface area (Å²) in [7, 11) is 1.54. The van der Waals surface area contributed by atoms with Crippen molar-refractivity contribution in [3.05, 3.63) is 59.2 Å². The van der Waals surface area contributed by atoms with Gasteiger partial charge in [-0.2, -0.15) is 0 Å². The Morgan fingerprint density at radius 2 is 1.83 bits per heavy atom. The van der Waals surface area contributed by atoms with Crippen LogP contribution in [0.1, 0.15) is 24.5 Å². The number of carbonyl (C=O) groups is 3. The Morgan fingerprint density at radius 3 is 2.57 bits per heavy atom. The van der Waals surface area contributed by atoms with Gasteiger partial charge in [0.1, 0.15) is 19.0 Å². The summed E-state index contributed by atoms with van der Waals surface area (Å²) in [6.07, 6.45) is 0.414. The molecule has 3 aliphatic heterocycles. The molecule has 1 N–H and O–H groups in total. The molecule has 2 aromatic rings. The highest BCUT2D eigenvalue weighted by molar-refractivity contribution is 6.50. The van der Waals surface area contributed by atoms with E-state index in [4.69, 9.17) is 14.2 Å². The van der Waals surface area contributed by atoms with Crippen LogP contribution in [0.3, 0.4) is 0 Å². The van der Waals surface area contributed by atoms with Gasteiger partial charge < -0.3 is 29.1 Å². The average Bonchev–Trinajstić information content (AvgIpc) is 3.26. The molecule has 0 unspecified atom stereocenters. The first kappa shape index (κ1) is 22.9. The van der Waals surface area contributed by atoms with Gasteiger partial charge in [0.2, 0.25) is 0 Å². The summed E-state index contributed by atoms with van der Waals surface area (Å²) >= 11 is 0. The number of methoxy groups -OCH3 is 1. The Morgan fingerprint density at radius 1 is 1.09 bits per heavy atom.